The second-order valence-corrected chi connectivity index (χ2v) is 6.57. The van der Waals surface area contributed by atoms with Gasteiger partial charge in [0.05, 0.1) is 6.04 Å². The van der Waals surface area contributed by atoms with Crippen molar-refractivity contribution in [2.75, 3.05) is 13.2 Å². The molecule has 1 atom stereocenters. The molecule has 0 aromatic heterocycles. The maximum absolute atomic E-state index is 12.0. The predicted octanol–water partition coefficient (Wildman–Crippen LogP) is 4.38. The number of hydrogen-bond donors (Lipinski definition) is 2. The van der Waals surface area contributed by atoms with E-state index in [4.69, 9.17) is 9.47 Å². The third-order valence-corrected chi connectivity index (χ3v) is 4.15. The van der Waals surface area contributed by atoms with E-state index in [0.29, 0.717) is 6.42 Å². The largest absolute Gasteiger partial charge is 0.445 e. The number of amides is 2. The number of allylic oxidation sites excluding steroid dienone is 1. The molecule has 2 N–H and O–H groups in total. The Morgan fingerprint density at radius 2 is 1.57 bits per heavy atom. The molecule has 0 heterocycles. The van der Waals surface area contributed by atoms with Crippen LogP contribution in [0.15, 0.2) is 85.5 Å². The first-order valence-electron chi connectivity index (χ1n) is 9.85. The summed E-state index contributed by atoms with van der Waals surface area (Å²) in [6.07, 6.45) is 5.58. The molecule has 0 saturated carbocycles. The number of alkyl carbamates (subject to hydrolysis) is 2. The Bertz CT molecular complexity index is 806. The molecule has 2 amide bonds. The van der Waals surface area contributed by atoms with Crippen LogP contribution in [0.1, 0.15) is 17.5 Å². The molecule has 6 nitrogen and oxygen atoms in total. The zero-order chi connectivity index (χ0) is 21.4. The van der Waals surface area contributed by atoms with Gasteiger partial charge in [-0.05, 0) is 24.0 Å². The van der Waals surface area contributed by atoms with Gasteiger partial charge in [-0.25, -0.2) is 9.59 Å². The molecule has 6 heteroatoms. The number of carbonyl (C=O) groups excluding carboxylic acids is 2. The van der Waals surface area contributed by atoms with E-state index in [0.717, 1.165) is 12.0 Å². The maximum Gasteiger partial charge on any atom is 0.407 e. The van der Waals surface area contributed by atoms with Gasteiger partial charge in [0.15, 0.2) is 0 Å². The monoisotopic (exact) mass is 408 g/mol. The molecular weight excluding hydrogens is 380 g/mol. The van der Waals surface area contributed by atoms with Crippen LogP contribution in [-0.4, -0.2) is 31.4 Å². The van der Waals surface area contributed by atoms with Crippen LogP contribution in [0.3, 0.4) is 0 Å². The Labute approximate surface area is 177 Å². The summed E-state index contributed by atoms with van der Waals surface area (Å²) in [6, 6.07) is 19.1. The molecule has 158 valence electrons. The molecule has 0 aliphatic carbocycles. The van der Waals surface area contributed by atoms with Crippen molar-refractivity contribution in [2.45, 2.75) is 25.5 Å². The van der Waals surface area contributed by atoms with Crippen molar-refractivity contribution in [3.05, 3.63) is 96.6 Å². The van der Waals surface area contributed by atoms with Crippen molar-refractivity contribution in [1.82, 2.24) is 10.6 Å². The number of benzene rings is 2. The summed E-state index contributed by atoms with van der Waals surface area (Å²) in [6.45, 7) is 4.24. The van der Waals surface area contributed by atoms with E-state index in [1.165, 1.54) is 5.56 Å². The van der Waals surface area contributed by atoms with Gasteiger partial charge in [0, 0.05) is 6.54 Å². The maximum atomic E-state index is 12.0. The molecule has 0 fully saturated rings. The van der Waals surface area contributed by atoms with Gasteiger partial charge < -0.3 is 20.1 Å². The summed E-state index contributed by atoms with van der Waals surface area (Å²) in [5.74, 6) is 0. The molecule has 2 aromatic carbocycles. The van der Waals surface area contributed by atoms with Gasteiger partial charge in [-0.3, -0.25) is 0 Å². The minimum atomic E-state index is -0.551. The third kappa shape index (κ3) is 9.59. The minimum Gasteiger partial charge on any atom is -0.445 e. The molecule has 2 aromatic rings. The van der Waals surface area contributed by atoms with E-state index in [1.807, 2.05) is 66.7 Å². The van der Waals surface area contributed by atoms with Crippen LogP contribution in [0, 0.1) is 0 Å². The quantitative estimate of drug-likeness (QED) is 0.541. The molecule has 0 bridgehead atoms. The van der Waals surface area contributed by atoms with Crippen LogP contribution in [0.2, 0.25) is 0 Å². The number of nitrogens with one attached hydrogen (secondary N) is 2. The highest BCUT2D eigenvalue weighted by molar-refractivity contribution is 5.69. The van der Waals surface area contributed by atoms with Gasteiger partial charge in [-0.15, -0.1) is 6.58 Å². The van der Waals surface area contributed by atoms with E-state index in [9.17, 15) is 9.59 Å². The summed E-state index contributed by atoms with van der Waals surface area (Å²) < 4.78 is 10.3. The lowest BCUT2D eigenvalue weighted by Crippen LogP contribution is -2.43. The smallest absolute Gasteiger partial charge is 0.407 e. The van der Waals surface area contributed by atoms with Gasteiger partial charge in [-0.1, -0.05) is 78.9 Å². The van der Waals surface area contributed by atoms with Crippen LogP contribution in [0.25, 0.3) is 0 Å². The van der Waals surface area contributed by atoms with Crippen molar-refractivity contribution in [3.8, 4) is 0 Å². The zero-order valence-electron chi connectivity index (χ0n) is 17.0. The predicted molar refractivity (Wildman–Crippen MR) is 117 cm³/mol. The summed E-state index contributed by atoms with van der Waals surface area (Å²) in [5, 5.41) is 5.36. The van der Waals surface area contributed by atoms with Crippen LogP contribution in [-0.2, 0) is 22.5 Å². The third-order valence-electron chi connectivity index (χ3n) is 4.15. The van der Waals surface area contributed by atoms with Crippen molar-refractivity contribution >= 4 is 12.2 Å². The van der Waals surface area contributed by atoms with Crippen LogP contribution in [0.5, 0.6) is 0 Å². The lowest BCUT2D eigenvalue weighted by Gasteiger charge is -2.17. The average Bonchev–Trinajstić information content (AvgIpc) is 2.77. The van der Waals surface area contributed by atoms with Crippen molar-refractivity contribution in [3.63, 3.8) is 0 Å². The van der Waals surface area contributed by atoms with Crippen LogP contribution < -0.4 is 10.6 Å². The lowest BCUT2D eigenvalue weighted by atomic mass is 10.1. The standard InChI is InChI=1S/C24H28N2O4/c1-2-11-22(26-24(28)30-19-21-15-7-4-8-16-21)18-25-23(27)29-17-10-9-14-20-12-5-3-6-13-20/h2-10,12-13,15-16,22H,1,11,14,17-19H2,(H,25,27)(H,26,28). The molecule has 0 aliphatic heterocycles. The number of carbonyl (C=O) groups is 2. The van der Waals surface area contributed by atoms with Gasteiger partial charge in [0.2, 0.25) is 0 Å². The van der Waals surface area contributed by atoms with Crippen molar-refractivity contribution in [2.24, 2.45) is 0 Å². The van der Waals surface area contributed by atoms with Gasteiger partial charge in [0.1, 0.15) is 13.2 Å². The first-order valence-corrected chi connectivity index (χ1v) is 9.85. The number of ether oxygens (including phenoxy) is 2. The van der Waals surface area contributed by atoms with E-state index >= 15 is 0 Å². The van der Waals surface area contributed by atoms with Crippen LogP contribution in [0.4, 0.5) is 9.59 Å². The normalized spacial score (nSPS) is 11.5. The lowest BCUT2D eigenvalue weighted by molar-refractivity contribution is 0.133. The van der Waals surface area contributed by atoms with Crippen molar-refractivity contribution in [1.29, 1.82) is 0 Å². The fourth-order valence-electron chi connectivity index (χ4n) is 2.61. The van der Waals surface area contributed by atoms with E-state index in [2.05, 4.69) is 17.2 Å². The Hall–Kier alpha value is -3.54. The summed E-state index contributed by atoms with van der Waals surface area (Å²) in [7, 11) is 0. The summed E-state index contributed by atoms with van der Waals surface area (Å²) in [4.78, 5) is 23.8. The number of hydrogen-bond acceptors (Lipinski definition) is 4. The molecule has 1 unspecified atom stereocenters. The molecular formula is C24H28N2O4. The van der Waals surface area contributed by atoms with Gasteiger partial charge in [0.25, 0.3) is 0 Å². The molecule has 2 rings (SSSR count). The summed E-state index contributed by atoms with van der Waals surface area (Å²) >= 11 is 0. The van der Waals surface area contributed by atoms with E-state index in [-0.39, 0.29) is 25.8 Å². The van der Waals surface area contributed by atoms with Gasteiger partial charge in [-0.2, -0.15) is 0 Å². The SMILES string of the molecule is C=CCC(CNC(=O)OCC=CCc1ccccc1)NC(=O)OCc1ccccc1. The molecule has 0 aliphatic rings. The second-order valence-electron chi connectivity index (χ2n) is 6.57. The minimum absolute atomic E-state index is 0.178. The average molecular weight is 408 g/mol. The summed E-state index contributed by atoms with van der Waals surface area (Å²) in [5.41, 5.74) is 2.09. The van der Waals surface area contributed by atoms with Crippen LogP contribution >= 0.6 is 0 Å². The molecule has 0 radical (unpaired) electrons. The second kappa shape index (κ2) is 13.6. The highest BCUT2D eigenvalue weighted by Crippen LogP contribution is 2.02. The highest BCUT2D eigenvalue weighted by Gasteiger charge is 2.13. The fraction of sp³-hybridized carbons (Fsp3) is 0.250. The van der Waals surface area contributed by atoms with E-state index in [1.54, 1.807) is 12.2 Å². The Morgan fingerprint density at radius 1 is 0.900 bits per heavy atom. The Morgan fingerprint density at radius 3 is 2.23 bits per heavy atom. The van der Waals surface area contributed by atoms with Gasteiger partial charge >= 0.3 is 12.2 Å². The molecule has 0 saturated heterocycles. The molecule has 0 spiro atoms. The van der Waals surface area contributed by atoms with Crippen molar-refractivity contribution < 1.29 is 19.1 Å². The fourth-order valence-corrected chi connectivity index (χ4v) is 2.61. The first-order chi connectivity index (χ1) is 14.7. The van der Waals surface area contributed by atoms with E-state index < -0.39 is 12.2 Å². The molecule has 30 heavy (non-hydrogen) atoms. The first kappa shape index (κ1) is 22.7. The number of rotatable bonds is 11. The highest BCUT2D eigenvalue weighted by atomic mass is 16.6. The topological polar surface area (TPSA) is 76.7 Å². The Kier molecular flexibility index (Phi) is 10.3. The Balaban J connectivity index is 1.64. The zero-order valence-corrected chi connectivity index (χ0v) is 17.0.